The Labute approximate surface area is 135 Å². The molecule has 1 aromatic heterocycles. The van der Waals surface area contributed by atoms with E-state index in [0.29, 0.717) is 12.1 Å². The van der Waals surface area contributed by atoms with E-state index in [2.05, 4.69) is 44.1 Å². The van der Waals surface area contributed by atoms with Crippen LogP contribution >= 0.6 is 15.9 Å². The summed E-state index contributed by atoms with van der Waals surface area (Å²) in [6, 6.07) is 3.17. The van der Waals surface area contributed by atoms with Gasteiger partial charge in [0, 0.05) is 35.5 Å². The number of rotatable bonds is 5. The maximum absolute atomic E-state index is 6.17. The highest BCUT2D eigenvalue weighted by Gasteiger charge is 2.35. The maximum atomic E-state index is 6.17. The van der Waals surface area contributed by atoms with Crippen LogP contribution in [-0.4, -0.2) is 54.3 Å². The van der Waals surface area contributed by atoms with E-state index >= 15 is 0 Å². The van der Waals surface area contributed by atoms with Crippen molar-refractivity contribution < 1.29 is 4.74 Å². The van der Waals surface area contributed by atoms with E-state index in [4.69, 9.17) is 4.74 Å². The molecule has 0 spiro atoms. The molecular formula is C16H24BrN3O. The van der Waals surface area contributed by atoms with Crippen molar-refractivity contribution in [2.45, 2.75) is 44.4 Å². The number of halogens is 1. The van der Waals surface area contributed by atoms with Crippen molar-refractivity contribution in [3.63, 3.8) is 0 Å². The van der Waals surface area contributed by atoms with E-state index in [1.54, 1.807) is 0 Å². The van der Waals surface area contributed by atoms with E-state index in [9.17, 15) is 0 Å². The minimum atomic E-state index is 0.276. The van der Waals surface area contributed by atoms with Crippen LogP contribution in [0, 0.1) is 0 Å². The van der Waals surface area contributed by atoms with Crippen molar-refractivity contribution >= 4 is 15.9 Å². The molecule has 1 N–H and O–H groups in total. The van der Waals surface area contributed by atoms with E-state index in [0.717, 1.165) is 30.6 Å². The van der Waals surface area contributed by atoms with Gasteiger partial charge in [-0.15, -0.1) is 0 Å². The number of nitrogens with zero attached hydrogens (tertiary/aromatic N) is 2. The van der Waals surface area contributed by atoms with Crippen LogP contribution in [0.15, 0.2) is 22.9 Å². The minimum absolute atomic E-state index is 0.276. The Morgan fingerprint density at radius 1 is 1.52 bits per heavy atom. The van der Waals surface area contributed by atoms with E-state index in [-0.39, 0.29) is 6.10 Å². The normalized spacial score (nSPS) is 27.5. The lowest BCUT2D eigenvalue weighted by Gasteiger charge is -2.39. The lowest BCUT2D eigenvalue weighted by Crippen LogP contribution is -2.54. The number of likely N-dealkylation sites (N-methyl/N-ethyl adjacent to an activating group) is 1. The molecule has 0 amide bonds. The largest absolute Gasteiger partial charge is 0.374 e. The van der Waals surface area contributed by atoms with Crippen LogP contribution in [0.3, 0.4) is 0 Å². The molecule has 2 aliphatic heterocycles. The summed E-state index contributed by atoms with van der Waals surface area (Å²) < 4.78 is 7.21. The Kier molecular flexibility index (Phi) is 5.27. The zero-order valence-corrected chi connectivity index (χ0v) is 14.2. The summed E-state index contributed by atoms with van der Waals surface area (Å²) in [6.45, 7) is 6.32. The summed E-state index contributed by atoms with van der Waals surface area (Å²) >= 11 is 3.50. The summed E-state index contributed by atoms with van der Waals surface area (Å²) in [6.07, 6.45) is 7.65. The smallest absolute Gasteiger partial charge is 0.0858 e. The number of ether oxygens (including phenoxy) is 1. The molecule has 0 aliphatic carbocycles. The molecule has 3 rings (SSSR count). The average Bonchev–Trinajstić information content (AvgIpc) is 2.94. The number of morpholine rings is 1. The number of pyridine rings is 1. The Bertz CT molecular complexity index is 471. The van der Waals surface area contributed by atoms with Gasteiger partial charge in [-0.05, 0) is 59.9 Å². The van der Waals surface area contributed by atoms with Gasteiger partial charge in [0.05, 0.1) is 12.7 Å². The van der Waals surface area contributed by atoms with Gasteiger partial charge in [0.1, 0.15) is 0 Å². The fourth-order valence-electron chi connectivity index (χ4n) is 3.50. The molecule has 1 aromatic rings. The first-order valence-corrected chi connectivity index (χ1v) is 8.74. The average molecular weight is 354 g/mol. The number of fused-ring (bicyclic) bond motifs is 1. The molecule has 3 unspecified atom stereocenters. The van der Waals surface area contributed by atoms with Crippen molar-refractivity contribution in [3.05, 3.63) is 28.5 Å². The monoisotopic (exact) mass is 353 g/mol. The molecule has 2 aliphatic rings. The summed E-state index contributed by atoms with van der Waals surface area (Å²) in [5, 5.41) is 3.61. The Balaban J connectivity index is 1.66. The SMILES string of the molecule is CCNC(Cc1cncc(Br)c1)C1CN2CCCC2CO1. The molecular weight excluding hydrogens is 330 g/mol. The van der Waals surface area contributed by atoms with Gasteiger partial charge < -0.3 is 10.1 Å². The van der Waals surface area contributed by atoms with Crippen LogP contribution in [0.2, 0.25) is 0 Å². The fourth-order valence-corrected chi connectivity index (χ4v) is 3.92. The summed E-state index contributed by atoms with van der Waals surface area (Å²) in [5.74, 6) is 0. The predicted octanol–water partition coefficient (Wildman–Crippen LogP) is 2.23. The van der Waals surface area contributed by atoms with Crippen molar-refractivity contribution in [2.24, 2.45) is 0 Å². The molecule has 2 fully saturated rings. The Hall–Kier alpha value is -0.490. The number of hydrogen-bond acceptors (Lipinski definition) is 4. The van der Waals surface area contributed by atoms with Crippen molar-refractivity contribution in [1.82, 2.24) is 15.2 Å². The van der Waals surface area contributed by atoms with Gasteiger partial charge in [0.15, 0.2) is 0 Å². The van der Waals surface area contributed by atoms with Crippen molar-refractivity contribution in [1.29, 1.82) is 0 Å². The first-order valence-electron chi connectivity index (χ1n) is 7.94. The maximum Gasteiger partial charge on any atom is 0.0858 e. The van der Waals surface area contributed by atoms with Crippen LogP contribution in [-0.2, 0) is 11.2 Å². The zero-order valence-electron chi connectivity index (χ0n) is 12.6. The van der Waals surface area contributed by atoms with Crippen molar-refractivity contribution in [3.8, 4) is 0 Å². The molecule has 5 heteroatoms. The van der Waals surface area contributed by atoms with Crippen LogP contribution in [0.5, 0.6) is 0 Å². The quantitative estimate of drug-likeness (QED) is 0.880. The number of hydrogen-bond donors (Lipinski definition) is 1. The molecule has 116 valence electrons. The Morgan fingerprint density at radius 3 is 3.24 bits per heavy atom. The lowest BCUT2D eigenvalue weighted by atomic mass is 10.0. The van der Waals surface area contributed by atoms with Gasteiger partial charge in [0.2, 0.25) is 0 Å². The molecule has 3 heterocycles. The third-order valence-electron chi connectivity index (χ3n) is 4.55. The topological polar surface area (TPSA) is 37.4 Å². The van der Waals surface area contributed by atoms with Crippen LogP contribution in [0.1, 0.15) is 25.3 Å². The second kappa shape index (κ2) is 7.18. The third-order valence-corrected chi connectivity index (χ3v) is 4.98. The Morgan fingerprint density at radius 2 is 2.43 bits per heavy atom. The molecule has 21 heavy (non-hydrogen) atoms. The molecule has 4 nitrogen and oxygen atoms in total. The van der Waals surface area contributed by atoms with E-state index < -0.39 is 0 Å². The van der Waals surface area contributed by atoms with Gasteiger partial charge in [-0.2, -0.15) is 0 Å². The van der Waals surface area contributed by atoms with Crippen LogP contribution in [0.25, 0.3) is 0 Å². The molecule has 3 atom stereocenters. The highest BCUT2D eigenvalue weighted by atomic mass is 79.9. The second-order valence-electron chi connectivity index (χ2n) is 6.04. The van der Waals surface area contributed by atoms with Crippen LogP contribution < -0.4 is 5.32 Å². The molecule has 2 saturated heterocycles. The minimum Gasteiger partial charge on any atom is -0.374 e. The van der Waals surface area contributed by atoms with Gasteiger partial charge in [0.25, 0.3) is 0 Å². The van der Waals surface area contributed by atoms with Gasteiger partial charge in [-0.3, -0.25) is 9.88 Å². The van der Waals surface area contributed by atoms with Crippen molar-refractivity contribution in [2.75, 3.05) is 26.2 Å². The molecule has 0 aromatic carbocycles. The lowest BCUT2D eigenvalue weighted by molar-refractivity contribution is -0.0641. The van der Waals surface area contributed by atoms with Gasteiger partial charge in [-0.25, -0.2) is 0 Å². The van der Waals surface area contributed by atoms with Gasteiger partial charge in [-0.1, -0.05) is 6.92 Å². The highest BCUT2D eigenvalue weighted by Crippen LogP contribution is 2.24. The number of nitrogens with one attached hydrogen (secondary N) is 1. The zero-order chi connectivity index (χ0) is 14.7. The molecule has 0 radical (unpaired) electrons. The summed E-state index contributed by atoms with van der Waals surface area (Å²) in [4.78, 5) is 6.88. The summed E-state index contributed by atoms with van der Waals surface area (Å²) in [5.41, 5.74) is 1.25. The first kappa shape index (κ1) is 15.4. The molecule has 0 saturated carbocycles. The highest BCUT2D eigenvalue weighted by molar-refractivity contribution is 9.10. The standard InChI is InChI=1S/C16H24BrN3O/c1-2-19-15(7-12-6-13(17)9-18-8-12)16-10-20-5-3-4-14(20)11-21-16/h6,8-9,14-16,19H,2-5,7,10-11H2,1H3. The molecule has 0 bridgehead atoms. The van der Waals surface area contributed by atoms with Crippen LogP contribution in [0.4, 0.5) is 0 Å². The van der Waals surface area contributed by atoms with E-state index in [1.807, 2.05) is 12.4 Å². The number of aromatic nitrogens is 1. The van der Waals surface area contributed by atoms with Gasteiger partial charge >= 0.3 is 0 Å². The second-order valence-corrected chi connectivity index (χ2v) is 6.96. The third kappa shape index (κ3) is 3.83. The fraction of sp³-hybridized carbons (Fsp3) is 0.688. The first-order chi connectivity index (χ1) is 10.3. The predicted molar refractivity (Wildman–Crippen MR) is 87.4 cm³/mol. The van der Waals surface area contributed by atoms with E-state index in [1.165, 1.54) is 24.9 Å². The summed E-state index contributed by atoms with van der Waals surface area (Å²) in [7, 11) is 0.